The van der Waals surface area contributed by atoms with Gasteiger partial charge in [0, 0.05) is 13.1 Å². The van der Waals surface area contributed by atoms with E-state index in [4.69, 9.17) is 5.73 Å². The van der Waals surface area contributed by atoms with Crippen molar-refractivity contribution in [2.24, 2.45) is 0 Å². The van der Waals surface area contributed by atoms with Crippen molar-refractivity contribution in [3.63, 3.8) is 0 Å². The second-order valence-corrected chi connectivity index (χ2v) is 6.34. The highest BCUT2D eigenvalue weighted by Gasteiger charge is 2.22. The molecule has 1 aromatic carbocycles. The summed E-state index contributed by atoms with van der Waals surface area (Å²) in [5.41, 5.74) is 4.37. The normalized spacial score (nSPS) is 12.0. The lowest BCUT2D eigenvalue weighted by atomic mass is 10.3. The summed E-state index contributed by atoms with van der Waals surface area (Å²) in [6, 6.07) is 1.70. The van der Waals surface area contributed by atoms with Gasteiger partial charge in [0.1, 0.15) is 16.4 Å². The number of likely N-dealkylation sites (N-methyl/N-ethyl adjacent to an activating group) is 1. The van der Waals surface area contributed by atoms with Gasteiger partial charge >= 0.3 is 0 Å². The molecule has 0 fully saturated rings. The molecule has 0 saturated heterocycles. The van der Waals surface area contributed by atoms with Crippen LogP contribution in [0.3, 0.4) is 0 Å². The number of sulfonamides is 1. The Morgan fingerprint density at radius 2 is 1.90 bits per heavy atom. The minimum Gasteiger partial charge on any atom is -0.394 e. The molecule has 3 N–H and O–H groups in total. The molecule has 0 aromatic heterocycles. The van der Waals surface area contributed by atoms with Gasteiger partial charge in [0.2, 0.25) is 10.0 Å². The van der Waals surface area contributed by atoms with Crippen molar-refractivity contribution in [1.29, 1.82) is 0 Å². The van der Waals surface area contributed by atoms with Crippen molar-refractivity contribution in [2.75, 3.05) is 31.9 Å². The molecule has 0 heterocycles. The molecule has 1 rings (SSSR count). The fourth-order valence-corrected chi connectivity index (χ4v) is 3.03. The number of nitrogen functional groups attached to an aromatic ring is 1. The van der Waals surface area contributed by atoms with E-state index in [-0.39, 0.29) is 6.54 Å². The minimum atomic E-state index is -4.05. The molecule has 0 aliphatic rings. The topological polar surface area (TPSA) is 75.4 Å². The summed E-state index contributed by atoms with van der Waals surface area (Å²) in [5.74, 6) is -2.24. The number of anilines is 1. The number of halogens is 2. The van der Waals surface area contributed by atoms with Crippen molar-refractivity contribution in [1.82, 2.24) is 9.62 Å². The van der Waals surface area contributed by atoms with Crippen LogP contribution >= 0.6 is 0 Å². The third kappa shape index (κ3) is 4.62. The van der Waals surface area contributed by atoms with E-state index < -0.39 is 32.2 Å². The lowest BCUT2D eigenvalue weighted by molar-refractivity contribution is 0.293. The van der Waals surface area contributed by atoms with E-state index in [2.05, 4.69) is 9.62 Å². The molecule has 0 saturated carbocycles. The average Bonchev–Trinajstić information content (AvgIpc) is 2.43. The van der Waals surface area contributed by atoms with Crippen molar-refractivity contribution < 1.29 is 17.2 Å². The Morgan fingerprint density at radius 1 is 1.24 bits per heavy atom. The Hall–Kier alpha value is -1.25. The maximum atomic E-state index is 13.7. The van der Waals surface area contributed by atoms with Crippen LogP contribution in [0.15, 0.2) is 17.0 Å². The highest BCUT2D eigenvalue weighted by molar-refractivity contribution is 7.89. The molecular weight excluding hydrogens is 300 g/mol. The van der Waals surface area contributed by atoms with E-state index in [1.54, 1.807) is 0 Å². The highest BCUT2D eigenvalue weighted by Crippen LogP contribution is 2.22. The lowest BCUT2D eigenvalue weighted by Gasteiger charge is -2.19. The molecule has 0 radical (unpaired) electrons. The number of nitrogens with one attached hydrogen (secondary N) is 1. The quantitative estimate of drug-likeness (QED) is 0.713. The molecule has 0 aliphatic carbocycles. The standard InChI is InChI=1S/C13H21F2N3O2S/c1-3-8-18(4-2)9-7-17-21(19,20)11-6-5-10(14)13(16)12(11)15/h5-6,17H,3-4,7-9,16H2,1-2H3. The summed E-state index contributed by atoms with van der Waals surface area (Å²) in [6.45, 7) is 6.33. The van der Waals surface area contributed by atoms with E-state index in [9.17, 15) is 17.2 Å². The van der Waals surface area contributed by atoms with Crippen molar-refractivity contribution in [3.8, 4) is 0 Å². The summed E-state index contributed by atoms with van der Waals surface area (Å²) < 4.78 is 53.1. The number of hydrogen-bond donors (Lipinski definition) is 2. The van der Waals surface area contributed by atoms with Crippen LogP contribution < -0.4 is 10.5 Å². The smallest absolute Gasteiger partial charge is 0.243 e. The van der Waals surface area contributed by atoms with Crippen molar-refractivity contribution in [2.45, 2.75) is 25.2 Å². The fraction of sp³-hybridized carbons (Fsp3) is 0.538. The van der Waals surface area contributed by atoms with Gasteiger partial charge in [-0.3, -0.25) is 0 Å². The number of nitrogens with zero attached hydrogens (tertiary/aromatic N) is 1. The summed E-state index contributed by atoms with van der Waals surface area (Å²) in [7, 11) is -4.05. The van der Waals surface area contributed by atoms with Crippen molar-refractivity contribution in [3.05, 3.63) is 23.8 Å². The van der Waals surface area contributed by atoms with Gasteiger partial charge in [-0.1, -0.05) is 13.8 Å². The van der Waals surface area contributed by atoms with Crippen LogP contribution in [0.2, 0.25) is 0 Å². The maximum absolute atomic E-state index is 13.7. The molecule has 0 atom stereocenters. The molecular formula is C13H21F2N3O2S. The molecule has 0 unspecified atom stereocenters. The highest BCUT2D eigenvalue weighted by atomic mass is 32.2. The zero-order valence-corrected chi connectivity index (χ0v) is 13.0. The molecule has 120 valence electrons. The van der Waals surface area contributed by atoms with Crippen LogP contribution in [-0.4, -0.2) is 39.5 Å². The Kier molecular flexibility index (Phi) is 6.50. The van der Waals surface area contributed by atoms with E-state index in [1.807, 2.05) is 13.8 Å². The van der Waals surface area contributed by atoms with Gasteiger partial charge in [0.05, 0.1) is 0 Å². The fourth-order valence-electron chi connectivity index (χ4n) is 1.92. The van der Waals surface area contributed by atoms with Gasteiger partial charge in [-0.25, -0.2) is 21.9 Å². The number of benzene rings is 1. The first-order valence-electron chi connectivity index (χ1n) is 6.79. The predicted octanol–water partition coefficient (Wildman–Crippen LogP) is 1.56. The number of nitrogens with two attached hydrogens (primary N) is 1. The molecule has 1 aromatic rings. The first-order chi connectivity index (χ1) is 9.83. The summed E-state index contributed by atoms with van der Waals surface area (Å²) >= 11 is 0. The zero-order valence-electron chi connectivity index (χ0n) is 12.2. The Balaban J connectivity index is 2.77. The molecule has 8 heteroatoms. The SMILES string of the molecule is CCCN(CC)CCNS(=O)(=O)c1ccc(F)c(N)c1F. The Bertz CT molecular complexity index is 579. The van der Waals surface area contributed by atoms with Crippen LogP contribution in [0.1, 0.15) is 20.3 Å². The Morgan fingerprint density at radius 3 is 2.48 bits per heavy atom. The van der Waals surface area contributed by atoms with Gasteiger partial charge in [0.25, 0.3) is 0 Å². The third-order valence-electron chi connectivity index (χ3n) is 3.09. The van der Waals surface area contributed by atoms with Crippen LogP contribution in [0.5, 0.6) is 0 Å². The lowest BCUT2D eigenvalue weighted by Crippen LogP contribution is -2.35. The van der Waals surface area contributed by atoms with E-state index in [0.29, 0.717) is 6.54 Å². The number of hydrogen-bond acceptors (Lipinski definition) is 4. The first-order valence-corrected chi connectivity index (χ1v) is 8.27. The van der Waals surface area contributed by atoms with Crippen LogP contribution in [-0.2, 0) is 10.0 Å². The van der Waals surface area contributed by atoms with Crippen LogP contribution in [0.25, 0.3) is 0 Å². The van der Waals surface area contributed by atoms with Gasteiger partial charge < -0.3 is 10.6 Å². The van der Waals surface area contributed by atoms with Gasteiger partial charge in [-0.05, 0) is 31.6 Å². The minimum absolute atomic E-state index is 0.146. The Labute approximate surface area is 124 Å². The molecule has 21 heavy (non-hydrogen) atoms. The first kappa shape index (κ1) is 17.8. The summed E-state index contributed by atoms with van der Waals surface area (Å²) in [6.07, 6.45) is 0.962. The monoisotopic (exact) mass is 321 g/mol. The van der Waals surface area contributed by atoms with E-state index in [0.717, 1.165) is 31.6 Å². The van der Waals surface area contributed by atoms with Gasteiger partial charge in [-0.15, -0.1) is 0 Å². The maximum Gasteiger partial charge on any atom is 0.243 e. The van der Waals surface area contributed by atoms with Crippen LogP contribution in [0, 0.1) is 11.6 Å². The van der Waals surface area contributed by atoms with Gasteiger partial charge in [0.15, 0.2) is 5.82 Å². The van der Waals surface area contributed by atoms with E-state index in [1.165, 1.54) is 0 Å². The van der Waals surface area contributed by atoms with Crippen molar-refractivity contribution >= 4 is 15.7 Å². The zero-order chi connectivity index (χ0) is 16.0. The molecule has 0 amide bonds. The average molecular weight is 321 g/mol. The molecule has 0 bridgehead atoms. The predicted molar refractivity (Wildman–Crippen MR) is 78.4 cm³/mol. The number of rotatable bonds is 8. The molecule has 0 aliphatic heterocycles. The van der Waals surface area contributed by atoms with E-state index >= 15 is 0 Å². The molecule has 0 spiro atoms. The van der Waals surface area contributed by atoms with Gasteiger partial charge in [-0.2, -0.15) is 0 Å². The molecule has 5 nitrogen and oxygen atoms in total. The second-order valence-electron chi connectivity index (χ2n) is 4.61. The van der Waals surface area contributed by atoms with Crippen LogP contribution in [0.4, 0.5) is 14.5 Å². The summed E-state index contributed by atoms with van der Waals surface area (Å²) in [5, 5.41) is 0. The second kappa shape index (κ2) is 7.67. The largest absolute Gasteiger partial charge is 0.394 e. The summed E-state index contributed by atoms with van der Waals surface area (Å²) in [4.78, 5) is 1.43. The third-order valence-corrected chi connectivity index (χ3v) is 4.57.